The quantitative estimate of drug-likeness (QED) is 0.812. The van der Waals surface area contributed by atoms with Crippen LogP contribution in [0.25, 0.3) is 0 Å². The Hall–Kier alpha value is -2.21. The fraction of sp³-hybridized carbons (Fsp3) is 0.400. The van der Waals surface area contributed by atoms with Crippen LogP contribution in [0.2, 0.25) is 0 Å². The summed E-state index contributed by atoms with van der Waals surface area (Å²) >= 11 is 0. The lowest BCUT2D eigenvalue weighted by Crippen LogP contribution is -2.22. The zero-order valence-electron chi connectivity index (χ0n) is 12.7. The molecule has 1 atom stereocenters. The molecule has 0 fully saturated rings. The van der Waals surface area contributed by atoms with E-state index in [-0.39, 0.29) is 6.04 Å². The minimum absolute atomic E-state index is 0.164. The van der Waals surface area contributed by atoms with Crippen molar-refractivity contribution in [1.82, 2.24) is 20.1 Å². The van der Waals surface area contributed by atoms with E-state index >= 15 is 0 Å². The van der Waals surface area contributed by atoms with E-state index in [1.807, 2.05) is 32.3 Å². The molecule has 21 heavy (non-hydrogen) atoms. The minimum atomic E-state index is 0.164. The predicted octanol–water partition coefficient (Wildman–Crippen LogP) is 2.02. The van der Waals surface area contributed by atoms with Gasteiger partial charge in [-0.2, -0.15) is 10.1 Å². The molecule has 6 heteroatoms. The highest BCUT2D eigenvalue weighted by Crippen LogP contribution is 2.17. The van der Waals surface area contributed by atoms with Crippen molar-refractivity contribution in [3.63, 3.8) is 0 Å². The molecule has 1 aromatic carbocycles. The number of aromatic nitrogens is 3. The molecule has 0 aliphatic carbocycles. The van der Waals surface area contributed by atoms with E-state index in [4.69, 9.17) is 0 Å². The second-order valence-corrected chi connectivity index (χ2v) is 5.17. The second kappa shape index (κ2) is 7.54. The second-order valence-electron chi connectivity index (χ2n) is 5.17. The normalized spacial score (nSPS) is 12.2. The Morgan fingerprint density at radius 1 is 1.19 bits per heavy atom. The van der Waals surface area contributed by atoms with Gasteiger partial charge in [0.15, 0.2) is 5.82 Å². The number of anilines is 2. The Balaban J connectivity index is 1.94. The van der Waals surface area contributed by atoms with Gasteiger partial charge in [0, 0.05) is 19.1 Å². The third-order valence-corrected chi connectivity index (χ3v) is 3.06. The Kier molecular flexibility index (Phi) is 5.45. The van der Waals surface area contributed by atoms with Crippen LogP contribution in [0.15, 0.2) is 36.5 Å². The van der Waals surface area contributed by atoms with Gasteiger partial charge in [0.25, 0.3) is 0 Å². The van der Waals surface area contributed by atoms with Crippen LogP contribution in [0.3, 0.4) is 0 Å². The average Bonchev–Trinajstić information content (AvgIpc) is 2.48. The van der Waals surface area contributed by atoms with E-state index in [0.717, 1.165) is 13.1 Å². The highest BCUT2D eigenvalue weighted by molar-refractivity contribution is 5.39. The first-order valence-electron chi connectivity index (χ1n) is 7.05. The molecule has 0 aliphatic heterocycles. The van der Waals surface area contributed by atoms with Gasteiger partial charge in [0.05, 0.1) is 6.20 Å². The van der Waals surface area contributed by atoms with Crippen LogP contribution in [0.5, 0.6) is 0 Å². The Labute approximate surface area is 125 Å². The lowest BCUT2D eigenvalue weighted by molar-refractivity contribution is 0.425. The molecule has 0 saturated carbocycles. The fourth-order valence-electron chi connectivity index (χ4n) is 1.89. The maximum atomic E-state index is 4.42. The highest BCUT2D eigenvalue weighted by atomic mass is 15.3. The molecule has 0 spiro atoms. The summed E-state index contributed by atoms with van der Waals surface area (Å²) < 4.78 is 0. The Morgan fingerprint density at radius 2 is 1.95 bits per heavy atom. The SMILES string of the molecule is CC(Nc1cnnc(NCCN(C)C)n1)c1ccccc1. The van der Waals surface area contributed by atoms with Gasteiger partial charge in [-0.05, 0) is 26.6 Å². The molecule has 2 aromatic rings. The van der Waals surface area contributed by atoms with Crippen molar-refractivity contribution < 1.29 is 0 Å². The molecular weight excluding hydrogens is 264 g/mol. The van der Waals surface area contributed by atoms with Gasteiger partial charge >= 0.3 is 0 Å². The van der Waals surface area contributed by atoms with Gasteiger partial charge in [-0.1, -0.05) is 30.3 Å². The molecule has 112 valence electrons. The first-order valence-corrected chi connectivity index (χ1v) is 7.05. The lowest BCUT2D eigenvalue weighted by Gasteiger charge is -2.15. The number of nitrogens with zero attached hydrogens (tertiary/aromatic N) is 4. The number of hydrogen-bond acceptors (Lipinski definition) is 6. The maximum Gasteiger partial charge on any atom is 0.244 e. The summed E-state index contributed by atoms with van der Waals surface area (Å²) in [7, 11) is 4.06. The summed E-state index contributed by atoms with van der Waals surface area (Å²) in [4.78, 5) is 6.52. The first-order chi connectivity index (χ1) is 10.1. The molecule has 0 radical (unpaired) electrons. The topological polar surface area (TPSA) is 66.0 Å². The highest BCUT2D eigenvalue weighted by Gasteiger charge is 2.06. The molecule has 0 amide bonds. The molecule has 1 heterocycles. The molecule has 1 unspecified atom stereocenters. The van der Waals surface area contributed by atoms with Crippen molar-refractivity contribution in [2.24, 2.45) is 0 Å². The van der Waals surface area contributed by atoms with E-state index in [9.17, 15) is 0 Å². The van der Waals surface area contributed by atoms with E-state index in [0.29, 0.717) is 11.8 Å². The van der Waals surface area contributed by atoms with Gasteiger partial charge in [-0.25, -0.2) is 0 Å². The Morgan fingerprint density at radius 3 is 2.67 bits per heavy atom. The summed E-state index contributed by atoms with van der Waals surface area (Å²) in [6, 6.07) is 10.4. The fourth-order valence-corrected chi connectivity index (χ4v) is 1.89. The number of rotatable bonds is 7. The van der Waals surface area contributed by atoms with Crippen LogP contribution in [0, 0.1) is 0 Å². The van der Waals surface area contributed by atoms with Crippen LogP contribution in [-0.2, 0) is 0 Å². The zero-order valence-corrected chi connectivity index (χ0v) is 12.7. The molecule has 1 aromatic heterocycles. The van der Waals surface area contributed by atoms with Gasteiger partial charge < -0.3 is 15.5 Å². The third kappa shape index (κ3) is 5.00. The Bertz CT molecular complexity index is 543. The van der Waals surface area contributed by atoms with Crippen molar-refractivity contribution >= 4 is 11.8 Å². The number of likely N-dealkylation sites (N-methyl/N-ethyl adjacent to an activating group) is 1. The third-order valence-electron chi connectivity index (χ3n) is 3.06. The van der Waals surface area contributed by atoms with Crippen molar-refractivity contribution in [3.8, 4) is 0 Å². The van der Waals surface area contributed by atoms with Gasteiger partial charge in [-0.15, -0.1) is 5.10 Å². The van der Waals surface area contributed by atoms with E-state index in [1.165, 1.54) is 5.56 Å². The number of benzene rings is 1. The smallest absolute Gasteiger partial charge is 0.244 e. The molecule has 2 N–H and O–H groups in total. The van der Waals surface area contributed by atoms with E-state index in [1.54, 1.807) is 6.20 Å². The summed E-state index contributed by atoms with van der Waals surface area (Å²) in [6.45, 7) is 3.80. The number of hydrogen-bond donors (Lipinski definition) is 2. The summed E-state index contributed by atoms with van der Waals surface area (Å²) in [5, 5.41) is 14.5. The monoisotopic (exact) mass is 286 g/mol. The standard InChI is InChI=1S/C15H22N6/c1-12(13-7-5-4-6-8-13)18-14-11-17-20-15(19-14)16-9-10-21(2)3/h4-8,11-12H,9-10H2,1-3H3,(H2,16,18,19,20). The van der Waals surface area contributed by atoms with Crippen LogP contribution < -0.4 is 10.6 Å². The van der Waals surface area contributed by atoms with Crippen LogP contribution in [-0.4, -0.2) is 47.3 Å². The van der Waals surface area contributed by atoms with Crippen LogP contribution in [0.1, 0.15) is 18.5 Å². The summed E-state index contributed by atoms with van der Waals surface area (Å²) in [5.74, 6) is 1.26. The van der Waals surface area contributed by atoms with Gasteiger partial charge in [0.2, 0.25) is 5.95 Å². The van der Waals surface area contributed by atoms with Crippen molar-refractivity contribution in [2.75, 3.05) is 37.8 Å². The van der Waals surface area contributed by atoms with Crippen LogP contribution >= 0.6 is 0 Å². The average molecular weight is 286 g/mol. The van der Waals surface area contributed by atoms with Crippen LogP contribution in [0.4, 0.5) is 11.8 Å². The number of nitrogens with one attached hydrogen (secondary N) is 2. The van der Waals surface area contributed by atoms with Crippen molar-refractivity contribution in [2.45, 2.75) is 13.0 Å². The van der Waals surface area contributed by atoms with Gasteiger partial charge in [-0.3, -0.25) is 0 Å². The molecule has 0 saturated heterocycles. The van der Waals surface area contributed by atoms with Crippen molar-refractivity contribution in [3.05, 3.63) is 42.1 Å². The van der Waals surface area contributed by atoms with Gasteiger partial charge in [0.1, 0.15) is 0 Å². The summed E-state index contributed by atoms with van der Waals surface area (Å²) in [6.07, 6.45) is 1.64. The first kappa shape index (κ1) is 15.2. The molecule has 6 nitrogen and oxygen atoms in total. The predicted molar refractivity (Wildman–Crippen MR) is 85.4 cm³/mol. The molecule has 2 rings (SSSR count). The van der Waals surface area contributed by atoms with E-state index < -0.39 is 0 Å². The molecular formula is C15H22N6. The summed E-state index contributed by atoms with van der Waals surface area (Å²) in [5.41, 5.74) is 1.21. The van der Waals surface area contributed by atoms with E-state index in [2.05, 4.69) is 49.8 Å². The zero-order chi connectivity index (χ0) is 15.1. The van der Waals surface area contributed by atoms with Crippen molar-refractivity contribution in [1.29, 1.82) is 0 Å². The lowest BCUT2D eigenvalue weighted by atomic mass is 10.1. The molecule has 0 aliphatic rings. The largest absolute Gasteiger partial charge is 0.362 e. The molecule has 0 bridgehead atoms. The maximum absolute atomic E-state index is 4.42. The minimum Gasteiger partial charge on any atom is -0.362 e.